The summed E-state index contributed by atoms with van der Waals surface area (Å²) in [6, 6.07) is 14.4. The maximum atomic E-state index is 13.3. The minimum atomic E-state index is -0.464. The van der Waals surface area contributed by atoms with Gasteiger partial charge in [0.1, 0.15) is 5.75 Å². The first kappa shape index (κ1) is 28.6. The Morgan fingerprint density at radius 1 is 0.850 bits per heavy atom. The Balaban J connectivity index is 1.94. The molecule has 0 radical (unpaired) electrons. The number of methoxy groups -OCH3 is 4. The molecular formula is C31H35N3O6. The van der Waals surface area contributed by atoms with Crippen LogP contribution in [-0.4, -0.2) is 76.4 Å². The Morgan fingerprint density at radius 2 is 1.60 bits per heavy atom. The standard InChI is InChI=1S/C31H35N3O6/c1-7-34(8-2)15-14-32-30(35)24-17-22-20-13-12-19(31(36)40-6)16-23(20)28(33-25(22)18-27(24)38-4)21-10-9-11-26(37-3)29(21)39-5/h9-13,16-18H,7-8,14-15H2,1-6H3,(H,32,35). The summed E-state index contributed by atoms with van der Waals surface area (Å²) in [7, 11) is 6.01. The summed E-state index contributed by atoms with van der Waals surface area (Å²) in [5.41, 5.74) is 2.67. The van der Waals surface area contributed by atoms with Crippen molar-refractivity contribution in [3.05, 3.63) is 59.7 Å². The van der Waals surface area contributed by atoms with Crippen LogP contribution in [-0.2, 0) is 4.74 Å². The van der Waals surface area contributed by atoms with E-state index in [-0.39, 0.29) is 5.91 Å². The number of fused-ring (bicyclic) bond motifs is 3. The average molecular weight is 546 g/mol. The number of nitrogens with one attached hydrogen (secondary N) is 1. The molecule has 4 aromatic rings. The Bertz CT molecular complexity index is 1550. The molecule has 40 heavy (non-hydrogen) atoms. The SMILES string of the molecule is CCN(CC)CCNC(=O)c1cc2c(cc1OC)nc(-c1cccc(OC)c1OC)c1cc(C(=O)OC)ccc12. The number of hydrogen-bond acceptors (Lipinski definition) is 8. The molecule has 1 N–H and O–H groups in total. The van der Waals surface area contributed by atoms with E-state index in [9.17, 15) is 9.59 Å². The van der Waals surface area contributed by atoms with Crippen molar-refractivity contribution in [1.29, 1.82) is 0 Å². The summed E-state index contributed by atoms with van der Waals surface area (Å²) < 4.78 is 21.8. The zero-order valence-electron chi connectivity index (χ0n) is 23.8. The van der Waals surface area contributed by atoms with E-state index in [1.807, 2.05) is 18.2 Å². The number of likely N-dealkylation sites (N-methyl/N-ethyl adjacent to an activating group) is 1. The molecule has 0 saturated heterocycles. The Hall–Kier alpha value is -4.37. The number of pyridine rings is 1. The molecule has 9 heteroatoms. The van der Waals surface area contributed by atoms with Crippen molar-refractivity contribution >= 4 is 33.6 Å². The molecule has 0 spiro atoms. The molecule has 210 valence electrons. The molecule has 1 aromatic heterocycles. The molecule has 0 saturated carbocycles. The second-order valence-corrected chi connectivity index (χ2v) is 9.11. The van der Waals surface area contributed by atoms with E-state index in [1.54, 1.807) is 44.6 Å². The number of benzene rings is 3. The molecule has 1 heterocycles. The smallest absolute Gasteiger partial charge is 0.337 e. The fourth-order valence-corrected chi connectivity index (χ4v) is 4.87. The van der Waals surface area contributed by atoms with Gasteiger partial charge in [0.2, 0.25) is 0 Å². The Kier molecular flexibility index (Phi) is 9.06. The molecule has 0 aliphatic rings. The van der Waals surface area contributed by atoms with Crippen molar-refractivity contribution < 1.29 is 28.5 Å². The Morgan fingerprint density at radius 3 is 2.25 bits per heavy atom. The van der Waals surface area contributed by atoms with Crippen LogP contribution in [0.3, 0.4) is 0 Å². The molecular weight excluding hydrogens is 510 g/mol. The molecule has 3 aromatic carbocycles. The van der Waals surface area contributed by atoms with Gasteiger partial charge in [0, 0.05) is 35.5 Å². The summed E-state index contributed by atoms with van der Waals surface area (Å²) in [6.45, 7) is 7.28. The molecule has 0 aliphatic heterocycles. The van der Waals surface area contributed by atoms with Gasteiger partial charge >= 0.3 is 5.97 Å². The lowest BCUT2D eigenvalue weighted by molar-refractivity contribution is 0.0600. The first-order chi connectivity index (χ1) is 19.4. The van der Waals surface area contributed by atoms with E-state index in [2.05, 4.69) is 24.1 Å². The number of esters is 1. The zero-order valence-corrected chi connectivity index (χ0v) is 23.8. The third-order valence-electron chi connectivity index (χ3n) is 7.05. The van der Waals surface area contributed by atoms with Crippen molar-refractivity contribution in [1.82, 2.24) is 15.2 Å². The number of ether oxygens (including phenoxy) is 4. The van der Waals surface area contributed by atoms with Crippen LogP contribution in [0.4, 0.5) is 0 Å². The number of carbonyl (C=O) groups excluding carboxylic acids is 2. The average Bonchev–Trinajstić information content (AvgIpc) is 3.00. The Labute approximate surface area is 234 Å². The van der Waals surface area contributed by atoms with E-state index in [0.717, 1.165) is 30.4 Å². The van der Waals surface area contributed by atoms with E-state index in [0.29, 0.717) is 57.1 Å². The lowest BCUT2D eigenvalue weighted by Gasteiger charge is -2.19. The van der Waals surface area contributed by atoms with Crippen LogP contribution in [0.2, 0.25) is 0 Å². The van der Waals surface area contributed by atoms with Gasteiger partial charge in [-0.2, -0.15) is 0 Å². The monoisotopic (exact) mass is 545 g/mol. The van der Waals surface area contributed by atoms with Crippen LogP contribution < -0.4 is 19.5 Å². The van der Waals surface area contributed by atoms with Gasteiger partial charge in [-0.1, -0.05) is 26.0 Å². The predicted octanol–water partition coefficient (Wildman–Crippen LogP) is 4.94. The van der Waals surface area contributed by atoms with Gasteiger partial charge in [-0.05, 0) is 48.8 Å². The zero-order chi connectivity index (χ0) is 28.8. The van der Waals surface area contributed by atoms with E-state index >= 15 is 0 Å². The fraction of sp³-hybridized carbons (Fsp3) is 0.323. The van der Waals surface area contributed by atoms with Crippen molar-refractivity contribution in [2.24, 2.45) is 0 Å². The number of carbonyl (C=O) groups is 2. The van der Waals surface area contributed by atoms with Gasteiger partial charge in [0.25, 0.3) is 5.91 Å². The third kappa shape index (κ3) is 5.51. The summed E-state index contributed by atoms with van der Waals surface area (Å²) in [4.78, 5) is 32.9. The van der Waals surface area contributed by atoms with Crippen LogP contribution in [0.15, 0.2) is 48.5 Å². The highest BCUT2D eigenvalue weighted by Gasteiger charge is 2.21. The minimum absolute atomic E-state index is 0.233. The second kappa shape index (κ2) is 12.7. The van der Waals surface area contributed by atoms with Crippen LogP contribution in [0, 0.1) is 0 Å². The lowest BCUT2D eigenvalue weighted by atomic mass is 9.96. The highest BCUT2D eigenvalue weighted by atomic mass is 16.5. The first-order valence-electron chi connectivity index (χ1n) is 13.2. The first-order valence-corrected chi connectivity index (χ1v) is 13.2. The normalized spacial score (nSPS) is 11.1. The van der Waals surface area contributed by atoms with Crippen molar-refractivity contribution in [2.75, 3.05) is 54.6 Å². The maximum Gasteiger partial charge on any atom is 0.337 e. The predicted molar refractivity (Wildman–Crippen MR) is 156 cm³/mol. The summed E-state index contributed by atoms with van der Waals surface area (Å²) in [6.07, 6.45) is 0. The van der Waals surface area contributed by atoms with E-state index in [1.165, 1.54) is 14.2 Å². The number of hydrogen-bond donors (Lipinski definition) is 1. The lowest BCUT2D eigenvalue weighted by Crippen LogP contribution is -2.34. The highest BCUT2D eigenvalue weighted by Crippen LogP contribution is 2.42. The molecule has 4 rings (SSSR count). The maximum absolute atomic E-state index is 13.3. The number of aromatic nitrogens is 1. The molecule has 0 fully saturated rings. The van der Waals surface area contributed by atoms with Crippen LogP contribution in [0.25, 0.3) is 32.9 Å². The van der Waals surface area contributed by atoms with Crippen LogP contribution in [0.1, 0.15) is 34.6 Å². The van der Waals surface area contributed by atoms with Gasteiger partial charge in [0.15, 0.2) is 11.5 Å². The van der Waals surface area contributed by atoms with Gasteiger partial charge in [-0.15, -0.1) is 0 Å². The summed E-state index contributed by atoms with van der Waals surface area (Å²) >= 11 is 0. The van der Waals surface area contributed by atoms with Crippen molar-refractivity contribution in [3.63, 3.8) is 0 Å². The highest BCUT2D eigenvalue weighted by molar-refractivity contribution is 6.15. The molecule has 0 atom stereocenters. The number of nitrogens with zero attached hydrogens (tertiary/aromatic N) is 2. The molecule has 9 nitrogen and oxygen atoms in total. The molecule has 0 aliphatic carbocycles. The van der Waals surface area contributed by atoms with Gasteiger partial charge in [-0.3, -0.25) is 4.79 Å². The quantitative estimate of drug-likeness (QED) is 0.209. The molecule has 1 amide bonds. The van der Waals surface area contributed by atoms with Gasteiger partial charge < -0.3 is 29.2 Å². The van der Waals surface area contributed by atoms with Crippen molar-refractivity contribution in [2.45, 2.75) is 13.8 Å². The topological polar surface area (TPSA) is 99.2 Å². The third-order valence-corrected chi connectivity index (χ3v) is 7.05. The number of amides is 1. The largest absolute Gasteiger partial charge is 0.496 e. The van der Waals surface area contributed by atoms with Crippen LogP contribution in [0.5, 0.6) is 17.2 Å². The van der Waals surface area contributed by atoms with Crippen LogP contribution >= 0.6 is 0 Å². The molecule has 0 bridgehead atoms. The van der Waals surface area contributed by atoms with Gasteiger partial charge in [-0.25, -0.2) is 9.78 Å². The fourth-order valence-electron chi connectivity index (χ4n) is 4.87. The van der Waals surface area contributed by atoms with Crippen molar-refractivity contribution in [3.8, 4) is 28.5 Å². The summed E-state index contributed by atoms with van der Waals surface area (Å²) in [5, 5.41) is 5.25. The van der Waals surface area contributed by atoms with Gasteiger partial charge in [0.05, 0.1) is 50.8 Å². The number of rotatable bonds is 11. The minimum Gasteiger partial charge on any atom is -0.496 e. The number of para-hydroxylation sites is 1. The summed E-state index contributed by atoms with van der Waals surface area (Å²) in [5.74, 6) is 0.776. The van der Waals surface area contributed by atoms with E-state index < -0.39 is 5.97 Å². The molecule has 0 unspecified atom stereocenters. The van der Waals surface area contributed by atoms with E-state index in [4.69, 9.17) is 23.9 Å². The second-order valence-electron chi connectivity index (χ2n) is 9.11.